The summed E-state index contributed by atoms with van der Waals surface area (Å²) in [7, 11) is 0. The Labute approximate surface area is 127 Å². The predicted octanol–water partition coefficient (Wildman–Crippen LogP) is 3.87. The van der Waals surface area contributed by atoms with E-state index >= 15 is 0 Å². The SMILES string of the molecule is Cc1cc(-n2nc(C(C)(C)C)cc2C(C)(C)C)nc(C)n1. The van der Waals surface area contributed by atoms with E-state index in [2.05, 4.69) is 57.6 Å². The molecule has 0 atom stereocenters. The van der Waals surface area contributed by atoms with Crippen LogP contribution in [-0.4, -0.2) is 19.7 Å². The first-order valence-electron chi connectivity index (χ1n) is 7.42. The Morgan fingerprint density at radius 3 is 1.95 bits per heavy atom. The maximum absolute atomic E-state index is 4.83. The predicted molar refractivity (Wildman–Crippen MR) is 86.0 cm³/mol. The van der Waals surface area contributed by atoms with E-state index in [4.69, 9.17) is 5.10 Å². The molecule has 0 spiro atoms. The Balaban J connectivity index is 2.69. The first kappa shape index (κ1) is 15.7. The van der Waals surface area contributed by atoms with Crippen LogP contribution in [0.1, 0.15) is 64.4 Å². The summed E-state index contributed by atoms with van der Waals surface area (Å²) < 4.78 is 1.97. The lowest BCUT2D eigenvalue weighted by Crippen LogP contribution is -2.18. The Morgan fingerprint density at radius 1 is 0.857 bits per heavy atom. The van der Waals surface area contributed by atoms with Gasteiger partial charge in [-0.1, -0.05) is 41.5 Å². The van der Waals surface area contributed by atoms with E-state index in [-0.39, 0.29) is 10.8 Å². The third-order valence-electron chi connectivity index (χ3n) is 3.42. The molecule has 2 rings (SSSR count). The molecule has 0 fully saturated rings. The second-order valence-corrected chi connectivity index (χ2v) is 7.74. The lowest BCUT2D eigenvalue weighted by molar-refractivity contribution is 0.533. The van der Waals surface area contributed by atoms with Gasteiger partial charge in [-0.25, -0.2) is 14.6 Å². The zero-order valence-corrected chi connectivity index (χ0v) is 14.4. The third-order valence-corrected chi connectivity index (χ3v) is 3.42. The van der Waals surface area contributed by atoms with Gasteiger partial charge in [0.2, 0.25) is 0 Å². The summed E-state index contributed by atoms with van der Waals surface area (Å²) in [6, 6.07) is 4.19. The fraction of sp³-hybridized carbons (Fsp3) is 0.588. The molecular formula is C17H26N4. The van der Waals surface area contributed by atoms with Gasteiger partial charge in [-0.05, 0) is 19.9 Å². The molecule has 0 radical (unpaired) electrons. The van der Waals surface area contributed by atoms with Crippen molar-refractivity contribution in [1.82, 2.24) is 19.7 Å². The number of nitrogens with zero attached hydrogens (tertiary/aromatic N) is 4. The van der Waals surface area contributed by atoms with Crippen molar-refractivity contribution >= 4 is 0 Å². The van der Waals surface area contributed by atoms with Gasteiger partial charge >= 0.3 is 0 Å². The lowest BCUT2D eigenvalue weighted by Gasteiger charge is -2.20. The molecule has 0 aliphatic heterocycles. The zero-order chi connectivity index (χ0) is 16.0. The summed E-state index contributed by atoms with van der Waals surface area (Å²) >= 11 is 0. The fourth-order valence-electron chi connectivity index (χ4n) is 2.26. The minimum Gasteiger partial charge on any atom is -0.238 e. The summed E-state index contributed by atoms with van der Waals surface area (Å²) in [4.78, 5) is 8.92. The van der Waals surface area contributed by atoms with E-state index in [0.717, 1.165) is 23.0 Å². The molecule has 4 nitrogen and oxygen atoms in total. The van der Waals surface area contributed by atoms with E-state index in [1.165, 1.54) is 5.69 Å². The molecule has 0 bridgehead atoms. The van der Waals surface area contributed by atoms with E-state index in [0.29, 0.717) is 0 Å². The zero-order valence-electron chi connectivity index (χ0n) is 14.4. The molecule has 2 aromatic rings. The van der Waals surface area contributed by atoms with Crippen LogP contribution < -0.4 is 0 Å². The summed E-state index contributed by atoms with van der Waals surface area (Å²) in [5.74, 6) is 1.62. The smallest absolute Gasteiger partial charge is 0.157 e. The van der Waals surface area contributed by atoms with E-state index in [1.807, 2.05) is 24.6 Å². The van der Waals surface area contributed by atoms with Crippen molar-refractivity contribution in [3.05, 3.63) is 35.0 Å². The van der Waals surface area contributed by atoms with Crippen LogP contribution >= 0.6 is 0 Å². The van der Waals surface area contributed by atoms with Crippen LogP contribution in [0.25, 0.3) is 5.82 Å². The van der Waals surface area contributed by atoms with E-state index in [9.17, 15) is 0 Å². The molecule has 0 aliphatic rings. The first-order chi connectivity index (χ1) is 9.48. The second-order valence-electron chi connectivity index (χ2n) is 7.74. The van der Waals surface area contributed by atoms with Gasteiger partial charge < -0.3 is 0 Å². The first-order valence-corrected chi connectivity index (χ1v) is 7.42. The summed E-state index contributed by atoms with van der Waals surface area (Å²) in [6.07, 6.45) is 0. The molecule has 0 N–H and O–H groups in total. The highest BCUT2D eigenvalue weighted by Gasteiger charge is 2.26. The number of aromatic nitrogens is 4. The molecule has 0 amide bonds. The number of hydrogen-bond acceptors (Lipinski definition) is 3. The van der Waals surface area contributed by atoms with Gasteiger partial charge in [0.1, 0.15) is 5.82 Å². The van der Waals surface area contributed by atoms with Crippen LogP contribution in [0.4, 0.5) is 0 Å². The minimum absolute atomic E-state index is 0.00323. The quantitative estimate of drug-likeness (QED) is 0.799. The molecule has 2 aromatic heterocycles. The van der Waals surface area contributed by atoms with Gasteiger partial charge in [0, 0.05) is 22.6 Å². The number of hydrogen-bond donors (Lipinski definition) is 0. The molecule has 0 aromatic carbocycles. The average Bonchev–Trinajstić information content (AvgIpc) is 2.70. The van der Waals surface area contributed by atoms with Crippen LogP contribution in [0.2, 0.25) is 0 Å². The van der Waals surface area contributed by atoms with Gasteiger partial charge in [0.05, 0.1) is 11.4 Å². The topological polar surface area (TPSA) is 43.6 Å². The Bertz CT molecular complexity index is 634. The molecule has 4 heteroatoms. The second kappa shape index (κ2) is 4.93. The molecule has 0 saturated carbocycles. The van der Waals surface area contributed by atoms with Crippen molar-refractivity contribution in [2.75, 3.05) is 0 Å². The highest BCUT2D eigenvalue weighted by molar-refractivity contribution is 5.32. The summed E-state index contributed by atoms with van der Waals surface area (Å²) in [6.45, 7) is 17.1. The third kappa shape index (κ3) is 3.31. The Hall–Kier alpha value is -1.71. The van der Waals surface area contributed by atoms with Gasteiger partial charge in [0.25, 0.3) is 0 Å². The van der Waals surface area contributed by atoms with Gasteiger partial charge in [-0.15, -0.1) is 0 Å². The van der Waals surface area contributed by atoms with Crippen LogP contribution in [-0.2, 0) is 10.8 Å². The monoisotopic (exact) mass is 286 g/mol. The normalized spacial score (nSPS) is 12.8. The highest BCUT2D eigenvalue weighted by Crippen LogP contribution is 2.30. The van der Waals surface area contributed by atoms with E-state index < -0.39 is 0 Å². The van der Waals surface area contributed by atoms with Crippen LogP contribution in [0.3, 0.4) is 0 Å². The van der Waals surface area contributed by atoms with Crippen molar-refractivity contribution in [3.63, 3.8) is 0 Å². The van der Waals surface area contributed by atoms with Crippen molar-refractivity contribution in [1.29, 1.82) is 0 Å². The standard InChI is InChI=1S/C17H26N4/c1-11-9-15(19-12(2)18-11)21-14(17(6,7)8)10-13(20-21)16(3,4)5/h9-10H,1-8H3. The maximum Gasteiger partial charge on any atom is 0.157 e. The number of rotatable bonds is 1. The lowest BCUT2D eigenvalue weighted by atomic mass is 9.88. The molecule has 21 heavy (non-hydrogen) atoms. The van der Waals surface area contributed by atoms with Gasteiger partial charge in [-0.3, -0.25) is 0 Å². The molecule has 2 heterocycles. The minimum atomic E-state index is 0.00323. The highest BCUT2D eigenvalue weighted by atomic mass is 15.3. The van der Waals surface area contributed by atoms with Gasteiger partial charge in [-0.2, -0.15) is 5.10 Å². The average molecular weight is 286 g/mol. The maximum atomic E-state index is 4.83. The largest absolute Gasteiger partial charge is 0.238 e. The van der Waals surface area contributed by atoms with Crippen molar-refractivity contribution in [2.24, 2.45) is 0 Å². The van der Waals surface area contributed by atoms with Crippen molar-refractivity contribution in [3.8, 4) is 5.82 Å². The number of aryl methyl sites for hydroxylation is 2. The molecular weight excluding hydrogens is 260 g/mol. The Kier molecular flexibility index (Phi) is 3.68. The summed E-state index contributed by atoms with van der Waals surface area (Å²) in [5.41, 5.74) is 3.24. The molecule has 0 aliphatic carbocycles. The summed E-state index contributed by atoms with van der Waals surface area (Å²) in [5, 5.41) is 4.83. The van der Waals surface area contributed by atoms with Crippen LogP contribution in [0.5, 0.6) is 0 Å². The van der Waals surface area contributed by atoms with Crippen molar-refractivity contribution < 1.29 is 0 Å². The van der Waals surface area contributed by atoms with E-state index in [1.54, 1.807) is 0 Å². The Morgan fingerprint density at radius 2 is 1.48 bits per heavy atom. The van der Waals surface area contributed by atoms with Crippen LogP contribution in [0.15, 0.2) is 12.1 Å². The molecule has 0 unspecified atom stereocenters. The molecule has 114 valence electrons. The molecule has 0 saturated heterocycles. The van der Waals surface area contributed by atoms with Crippen molar-refractivity contribution in [2.45, 2.75) is 66.2 Å². The van der Waals surface area contributed by atoms with Gasteiger partial charge in [0.15, 0.2) is 5.82 Å². The fourth-order valence-corrected chi connectivity index (χ4v) is 2.26. The van der Waals surface area contributed by atoms with Crippen LogP contribution in [0, 0.1) is 13.8 Å².